The van der Waals surface area contributed by atoms with Crippen molar-refractivity contribution in [2.45, 2.75) is 12.4 Å². The molecule has 0 saturated carbocycles. The van der Waals surface area contributed by atoms with Crippen molar-refractivity contribution >= 4 is 33.4 Å². The molecule has 0 unspecified atom stereocenters. The summed E-state index contributed by atoms with van der Waals surface area (Å²) in [6, 6.07) is 2.49. The second-order valence-corrected chi connectivity index (χ2v) is 6.63. The number of nitrogens with two attached hydrogens (primary N) is 1. The van der Waals surface area contributed by atoms with Crippen LogP contribution in [0.2, 0.25) is 0 Å². The van der Waals surface area contributed by atoms with Crippen LogP contribution in [-0.2, 0) is 12.4 Å². The highest BCUT2D eigenvalue weighted by atomic mass is 32.1. The number of thiophene rings is 1. The predicted octanol–water partition coefficient (Wildman–Crippen LogP) is 4.54. The molecule has 0 fully saturated rings. The molecule has 2 aromatic heterocycles. The number of rotatable bonds is 3. The average Bonchev–Trinajstić information content (AvgIpc) is 3.03. The van der Waals surface area contributed by atoms with E-state index in [1.807, 2.05) is 0 Å². The maximum atomic E-state index is 13.5. The number of carbonyl (C=O) groups is 1. The molecule has 3 aromatic rings. The molecule has 0 radical (unpaired) electrons. The number of amides is 1. The molecule has 0 spiro atoms. The summed E-state index contributed by atoms with van der Waals surface area (Å²) in [4.78, 5) is 19.6. The molecule has 3 N–H and O–H groups in total. The average molecular weight is 420 g/mol. The van der Waals surface area contributed by atoms with E-state index in [1.165, 1.54) is 13.1 Å². The van der Waals surface area contributed by atoms with E-state index < -0.39 is 35.0 Å². The fourth-order valence-corrected chi connectivity index (χ4v) is 3.40. The SMILES string of the molecule is CNc1nc(-c2ccc(C(F)(F)F)cc2C(F)(F)F)c2cc(C(N)=O)sc2n1. The van der Waals surface area contributed by atoms with Crippen LogP contribution in [0.15, 0.2) is 24.3 Å². The zero-order valence-electron chi connectivity index (χ0n) is 13.9. The molecule has 2 heterocycles. The van der Waals surface area contributed by atoms with Gasteiger partial charge < -0.3 is 11.1 Å². The summed E-state index contributed by atoms with van der Waals surface area (Å²) in [5, 5.41) is 2.64. The molecule has 0 bridgehead atoms. The van der Waals surface area contributed by atoms with Crippen LogP contribution in [0.25, 0.3) is 21.5 Å². The Balaban J connectivity index is 2.36. The van der Waals surface area contributed by atoms with Gasteiger partial charge in [-0.3, -0.25) is 4.79 Å². The molecule has 28 heavy (non-hydrogen) atoms. The number of halogens is 6. The van der Waals surface area contributed by atoms with Crippen LogP contribution in [0.1, 0.15) is 20.8 Å². The number of fused-ring (bicyclic) bond motifs is 1. The van der Waals surface area contributed by atoms with Gasteiger partial charge in [-0.2, -0.15) is 26.3 Å². The minimum atomic E-state index is -5.07. The smallest absolute Gasteiger partial charge is 0.365 e. The van der Waals surface area contributed by atoms with E-state index in [-0.39, 0.29) is 32.8 Å². The van der Waals surface area contributed by atoms with Gasteiger partial charge in [-0.1, -0.05) is 6.07 Å². The van der Waals surface area contributed by atoms with Gasteiger partial charge in [-0.05, 0) is 18.2 Å². The largest absolute Gasteiger partial charge is 0.417 e. The Morgan fingerprint density at radius 2 is 1.75 bits per heavy atom. The van der Waals surface area contributed by atoms with Gasteiger partial charge in [-0.25, -0.2) is 9.97 Å². The van der Waals surface area contributed by atoms with E-state index in [9.17, 15) is 31.1 Å². The lowest BCUT2D eigenvalue weighted by atomic mass is 9.99. The van der Waals surface area contributed by atoms with Crippen LogP contribution in [0.5, 0.6) is 0 Å². The van der Waals surface area contributed by atoms with Gasteiger partial charge in [0, 0.05) is 18.0 Å². The van der Waals surface area contributed by atoms with E-state index in [1.54, 1.807) is 0 Å². The topological polar surface area (TPSA) is 80.9 Å². The van der Waals surface area contributed by atoms with E-state index in [0.717, 1.165) is 11.3 Å². The quantitative estimate of drug-likeness (QED) is 0.610. The third-order valence-electron chi connectivity index (χ3n) is 3.77. The van der Waals surface area contributed by atoms with Crippen LogP contribution < -0.4 is 11.1 Å². The molecular weight excluding hydrogens is 410 g/mol. The molecule has 0 atom stereocenters. The predicted molar refractivity (Wildman–Crippen MR) is 90.9 cm³/mol. The third kappa shape index (κ3) is 3.59. The Kier molecular flexibility index (Phi) is 4.69. The Hall–Kier alpha value is -2.89. The first-order valence-electron chi connectivity index (χ1n) is 7.49. The Morgan fingerprint density at radius 3 is 2.29 bits per heavy atom. The molecule has 0 aliphatic carbocycles. The summed E-state index contributed by atoms with van der Waals surface area (Å²) in [5.41, 5.74) is 1.43. The van der Waals surface area contributed by atoms with Crippen molar-refractivity contribution in [1.82, 2.24) is 9.97 Å². The van der Waals surface area contributed by atoms with Crippen molar-refractivity contribution in [3.8, 4) is 11.3 Å². The van der Waals surface area contributed by atoms with Gasteiger partial charge in [0.1, 0.15) is 4.83 Å². The number of aromatic nitrogens is 2. The van der Waals surface area contributed by atoms with E-state index in [0.29, 0.717) is 12.1 Å². The lowest BCUT2D eigenvalue weighted by Crippen LogP contribution is -2.12. The third-order valence-corrected chi connectivity index (χ3v) is 4.81. The van der Waals surface area contributed by atoms with Crippen molar-refractivity contribution in [3.63, 3.8) is 0 Å². The number of hydrogen-bond donors (Lipinski definition) is 2. The number of benzene rings is 1. The summed E-state index contributed by atoms with van der Waals surface area (Å²) >= 11 is 0.838. The molecule has 0 aliphatic heterocycles. The molecule has 148 valence electrons. The van der Waals surface area contributed by atoms with Crippen LogP contribution in [0, 0.1) is 0 Å². The standard InChI is InChI=1S/C16H10F6N4OS/c1-24-14-25-11(8-5-10(12(23)27)28-13(8)26-14)7-3-2-6(15(17,18)19)4-9(7)16(20,21)22/h2-5H,1H3,(H2,23,27)(H,24,25,26). The lowest BCUT2D eigenvalue weighted by molar-refractivity contribution is -0.142. The number of nitrogens with one attached hydrogen (secondary N) is 1. The second kappa shape index (κ2) is 6.62. The summed E-state index contributed by atoms with van der Waals surface area (Å²) < 4.78 is 79.3. The highest BCUT2D eigenvalue weighted by Crippen LogP contribution is 2.43. The highest BCUT2D eigenvalue weighted by Gasteiger charge is 2.39. The number of anilines is 1. The first kappa shape index (κ1) is 19.9. The van der Waals surface area contributed by atoms with Crippen molar-refractivity contribution in [1.29, 1.82) is 0 Å². The number of primary amides is 1. The van der Waals surface area contributed by atoms with E-state index in [2.05, 4.69) is 15.3 Å². The maximum absolute atomic E-state index is 13.5. The summed E-state index contributed by atoms with van der Waals surface area (Å²) in [7, 11) is 1.42. The molecule has 0 aliphatic rings. The second-order valence-electron chi connectivity index (χ2n) is 5.60. The lowest BCUT2D eigenvalue weighted by Gasteiger charge is -2.16. The van der Waals surface area contributed by atoms with Crippen molar-refractivity contribution in [2.24, 2.45) is 5.73 Å². The van der Waals surface area contributed by atoms with Gasteiger partial charge in [-0.15, -0.1) is 11.3 Å². The van der Waals surface area contributed by atoms with Gasteiger partial charge in [0.2, 0.25) is 5.95 Å². The number of hydrogen-bond acceptors (Lipinski definition) is 5. The molecular formula is C16H10F6N4OS. The zero-order chi connectivity index (χ0) is 20.9. The highest BCUT2D eigenvalue weighted by molar-refractivity contribution is 7.20. The Labute approximate surface area is 157 Å². The summed E-state index contributed by atoms with van der Waals surface area (Å²) in [5.74, 6) is -0.878. The van der Waals surface area contributed by atoms with E-state index in [4.69, 9.17) is 5.73 Å². The van der Waals surface area contributed by atoms with Gasteiger partial charge in [0.25, 0.3) is 5.91 Å². The normalized spacial score (nSPS) is 12.4. The summed E-state index contributed by atoms with van der Waals surface area (Å²) in [6.45, 7) is 0. The van der Waals surface area contributed by atoms with Crippen LogP contribution >= 0.6 is 11.3 Å². The molecule has 1 amide bonds. The number of carbonyl (C=O) groups excluding carboxylic acids is 1. The van der Waals surface area contributed by atoms with Crippen LogP contribution in [-0.4, -0.2) is 22.9 Å². The zero-order valence-corrected chi connectivity index (χ0v) is 14.7. The van der Waals surface area contributed by atoms with Crippen LogP contribution in [0.3, 0.4) is 0 Å². The van der Waals surface area contributed by atoms with Crippen LogP contribution in [0.4, 0.5) is 32.3 Å². The minimum Gasteiger partial charge on any atom is -0.365 e. The number of alkyl halides is 6. The fourth-order valence-electron chi connectivity index (χ4n) is 2.52. The monoisotopic (exact) mass is 420 g/mol. The number of nitrogens with zero attached hydrogens (tertiary/aromatic N) is 2. The van der Waals surface area contributed by atoms with Crippen molar-refractivity contribution < 1.29 is 31.1 Å². The molecule has 1 aromatic carbocycles. The van der Waals surface area contributed by atoms with Crippen molar-refractivity contribution in [2.75, 3.05) is 12.4 Å². The van der Waals surface area contributed by atoms with E-state index >= 15 is 0 Å². The van der Waals surface area contributed by atoms with Gasteiger partial charge in [0.05, 0.1) is 21.7 Å². The molecule has 5 nitrogen and oxygen atoms in total. The van der Waals surface area contributed by atoms with Gasteiger partial charge >= 0.3 is 12.4 Å². The fraction of sp³-hybridized carbons (Fsp3) is 0.188. The Bertz CT molecular complexity index is 1070. The molecule has 3 rings (SSSR count). The molecule has 12 heteroatoms. The Morgan fingerprint density at radius 1 is 1.07 bits per heavy atom. The first-order chi connectivity index (χ1) is 12.9. The maximum Gasteiger partial charge on any atom is 0.417 e. The van der Waals surface area contributed by atoms with Crippen molar-refractivity contribution in [3.05, 3.63) is 40.3 Å². The summed E-state index contributed by atoms with van der Waals surface area (Å²) in [6.07, 6.45) is -10.0. The minimum absolute atomic E-state index is 0.0271. The van der Waals surface area contributed by atoms with Gasteiger partial charge in [0.15, 0.2) is 0 Å². The first-order valence-corrected chi connectivity index (χ1v) is 8.31. The molecule has 0 saturated heterocycles.